The van der Waals surface area contributed by atoms with E-state index in [4.69, 9.17) is 0 Å². The molecule has 23 heavy (non-hydrogen) atoms. The molecule has 0 aliphatic rings. The van der Waals surface area contributed by atoms with E-state index in [0.717, 1.165) is 5.92 Å². The Hall–Kier alpha value is -0.993. The molecular formula is C21H30SSi. The van der Waals surface area contributed by atoms with E-state index in [1.165, 1.54) is 36.8 Å². The lowest BCUT2D eigenvalue weighted by Crippen LogP contribution is -2.44. The summed E-state index contributed by atoms with van der Waals surface area (Å²) in [6, 6.07) is 22.4. The zero-order valence-electron chi connectivity index (χ0n) is 14.6. The van der Waals surface area contributed by atoms with Crippen molar-refractivity contribution in [3.63, 3.8) is 0 Å². The summed E-state index contributed by atoms with van der Waals surface area (Å²) in [7, 11) is -1.08. The molecule has 0 spiro atoms. The van der Waals surface area contributed by atoms with Crippen molar-refractivity contribution in [2.45, 2.75) is 39.5 Å². The molecule has 0 amide bonds. The smallest absolute Gasteiger partial charge is 0.112 e. The Labute approximate surface area is 148 Å². The van der Waals surface area contributed by atoms with E-state index in [1.54, 1.807) is 10.4 Å². The Morgan fingerprint density at radius 3 is 1.91 bits per heavy atom. The summed E-state index contributed by atoms with van der Waals surface area (Å²) in [4.78, 5) is 0. The van der Waals surface area contributed by atoms with Crippen LogP contribution in [0.4, 0.5) is 0 Å². The van der Waals surface area contributed by atoms with Gasteiger partial charge >= 0.3 is 0 Å². The van der Waals surface area contributed by atoms with Crippen molar-refractivity contribution in [1.29, 1.82) is 0 Å². The van der Waals surface area contributed by atoms with Gasteiger partial charge in [0.2, 0.25) is 0 Å². The van der Waals surface area contributed by atoms with E-state index in [-0.39, 0.29) is 0 Å². The molecule has 2 rings (SSSR count). The zero-order chi connectivity index (χ0) is 16.3. The highest BCUT2D eigenvalue weighted by molar-refractivity contribution is 8.00. The average Bonchev–Trinajstić information content (AvgIpc) is 2.63. The lowest BCUT2D eigenvalue weighted by atomic mass is 10.0. The van der Waals surface area contributed by atoms with E-state index in [0.29, 0.717) is 0 Å². The van der Waals surface area contributed by atoms with Gasteiger partial charge in [0.25, 0.3) is 0 Å². The lowest BCUT2D eigenvalue weighted by molar-refractivity contribution is 0.500. The number of unbranched alkanes of at least 4 members (excludes halogenated alkanes) is 1. The van der Waals surface area contributed by atoms with Crippen molar-refractivity contribution < 1.29 is 0 Å². The molecule has 0 nitrogen and oxygen atoms in total. The van der Waals surface area contributed by atoms with Gasteiger partial charge in [-0.3, -0.25) is 0 Å². The maximum absolute atomic E-state index is 2.35. The maximum atomic E-state index is 2.35. The monoisotopic (exact) mass is 342 g/mol. The molecule has 2 heteroatoms. The first kappa shape index (κ1) is 18.3. The average molecular weight is 343 g/mol. The first-order valence-corrected chi connectivity index (χ1v) is 12.1. The van der Waals surface area contributed by atoms with Gasteiger partial charge < -0.3 is 0 Å². The van der Waals surface area contributed by atoms with Crippen LogP contribution in [-0.2, 0) is 0 Å². The normalized spacial score (nSPS) is 12.5. The predicted octanol–water partition coefficient (Wildman–Crippen LogP) is 4.52. The Morgan fingerprint density at radius 2 is 1.43 bits per heavy atom. The Balaban J connectivity index is 1.99. The largest absolute Gasteiger partial charge is 0.164 e. The third-order valence-electron chi connectivity index (χ3n) is 4.59. The number of hydrogen-bond donors (Lipinski definition) is 0. The summed E-state index contributed by atoms with van der Waals surface area (Å²) < 4.78 is 0. The van der Waals surface area contributed by atoms with Crippen molar-refractivity contribution in [3.8, 4) is 0 Å². The number of hydrogen-bond acceptors (Lipinski definition) is 1. The van der Waals surface area contributed by atoms with Crippen LogP contribution in [0, 0.1) is 5.92 Å². The van der Waals surface area contributed by atoms with Crippen molar-refractivity contribution in [3.05, 3.63) is 60.7 Å². The van der Waals surface area contributed by atoms with E-state index in [1.807, 2.05) is 0 Å². The molecule has 124 valence electrons. The van der Waals surface area contributed by atoms with Crippen molar-refractivity contribution >= 4 is 30.9 Å². The SMILES string of the molecule is CCCCC(CC)CSC[SiH](c1ccccc1)c1ccccc1. The fourth-order valence-corrected chi connectivity index (χ4v) is 8.53. The highest BCUT2D eigenvalue weighted by Gasteiger charge is 2.17. The van der Waals surface area contributed by atoms with E-state index < -0.39 is 8.80 Å². The minimum Gasteiger partial charge on any atom is -0.164 e. The zero-order valence-corrected chi connectivity index (χ0v) is 16.6. The second-order valence-corrected chi connectivity index (χ2v) is 10.8. The molecule has 0 saturated heterocycles. The van der Waals surface area contributed by atoms with Crippen LogP contribution in [0.2, 0.25) is 0 Å². The molecule has 0 aromatic heterocycles. The van der Waals surface area contributed by atoms with Crippen LogP contribution >= 0.6 is 11.8 Å². The van der Waals surface area contributed by atoms with Crippen molar-refractivity contribution in [2.75, 3.05) is 11.1 Å². The second kappa shape index (κ2) is 10.7. The molecule has 1 unspecified atom stereocenters. The molecule has 0 radical (unpaired) electrons. The van der Waals surface area contributed by atoms with Gasteiger partial charge in [-0.25, -0.2) is 0 Å². The van der Waals surface area contributed by atoms with Crippen LogP contribution in [0.3, 0.4) is 0 Å². The highest BCUT2D eigenvalue weighted by atomic mass is 32.2. The maximum Gasteiger partial charge on any atom is 0.112 e. The molecule has 0 saturated carbocycles. The first-order chi connectivity index (χ1) is 11.3. The Morgan fingerprint density at radius 1 is 0.870 bits per heavy atom. The molecule has 0 aliphatic heterocycles. The molecule has 0 heterocycles. The standard InChI is InChI=1S/C21H30SSi/c1-3-5-12-19(4-2)17-22-18-23(20-13-8-6-9-14-20)21-15-10-7-11-16-21/h6-11,13-16,19,23H,3-5,12,17-18H2,1-2H3. The van der Waals surface area contributed by atoms with Crippen molar-refractivity contribution in [2.24, 2.45) is 5.92 Å². The molecular weight excluding hydrogens is 312 g/mol. The summed E-state index contributed by atoms with van der Waals surface area (Å²) in [5, 5.41) is 4.47. The summed E-state index contributed by atoms with van der Waals surface area (Å²) >= 11 is 2.20. The summed E-state index contributed by atoms with van der Waals surface area (Å²) in [5.74, 6) is 2.24. The fourth-order valence-electron chi connectivity index (χ4n) is 3.01. The van der Waals surface area contributed by atoms with Gasteiger partial charge in [0.05, 0.1) is 0 Å². The van der Waals surface area contributed by atoms with Crippen LogP contribution in [0.1, 0.15) is 39.5 Å². The second-order valence-electron chi connectivity index (χ2n) is 6.33. The molecule has 0 N–H and O–H groups in total. The quantitative estimate of drug-likeness (QED) is 0.572. The molecule has 1 atom stereocenters. The van der Waals surface area contributed by atoms with Gasteiger partial charge in [-0.1, -0.05) is 104 Å². The summed E-state index contributed by atoms with van der Waals surface area (Å²) in [5.41, 5.74) is 0. The fraction of sp³-hybridized carbons (Fsp3) is 0.429. The van der Waals surface area contributed by atoms with Crippen LogP contribution in [-0.4, -0.2) is 19.9 Å². The molecule has 2 aromatic rings. The van der Waals surface area contributed by atoms with Gasteiger partial charge in [-0.15, -0.1) is 0 Å². The van der Waals surface area contributed by atoms with Crippen molar-refractivity contribution in [1.82, 2.24) is 0 Å². The molecule has 2 aromatic carbocycles. The van der Waals surface area contributed by atoms with Crippen LogP contribution in [0.25, 0.3) is 0 Å². The van der Waals surface area contributed by atoms with E-state index in [2.05, 4.69) is 86.3 Å². The van der Waals surface area contributed by atoms with Gasteiger partial charge in [0.15, 0.2) is 0 Å². The summed E-state index contributed by atoms with van der Waals surface area (Å²) in [6.45, 7) is 4.65. The Kier molecular flexibility index (Phi) is 8.55. The molecule has 0 fully saturated rings. The molecule has 0 aliphatic carbocycles. The van der Waals surface area contributed by atoms with Crippen LogP contribution in [0.15, 0.2) is 60.7 Å². The van der Waals surface area contributed by atoms with Gasteiger partial charge in [0.1, 0.15) is 8.80 Å². The third kappa shape index (κ3) is 6.19. The predicted molar refractivity (Wildman–Crippen MR) is 110 cm³/mol. The van der Waals surface area contributed by atoms with Crippen LogP contribution in [0.5, 0.6) is 0 Å². The number of rotatable bonds is 10. The van der Waals surface area contributed by atoms with E-state index in [9.17, 15) is 0 Å². The van der Waals surface area contributed by atoms with Gasteiger partial charge in [0, 0.05) is 0 Å². The molecule has 0 bridgehead atoms. The number of thioether (sulfide) groups is 1. The Bertz CT molecular complexity index is 487. The van der Waals surface area contributed by atoms with E-state index >= 15 is 0 Å². The van der Waals surface area contributed by atoms with Gasteiger partial charge in [-0.2, -0.15) is 11.8 Å². The lowest BCUT2D eigenvalue weighted by Gasteiger charge is -2.19. The highest BCUT2D eigenvalue weighted by Crippen LogP contribution is 2.19. The number of benzene rings is 2. The first-order valence-electron chi connectivity index (χ1n) is 9.02. The third-order valence-corrected chi connectivity index (χ3v) is 9.95. The minimum atomic E-state index is -1.08. The van der Waals surface area contributed by atoms with Gasteiger partial charge in [-0.05, 0) is 23.5 Å². The topological polar surface area (TPSA) is 0 Å². The minimum absolute atomic E-state index is 0.904. The van der Waals surface area contributed by atoms with Crippen LogP contribution < -0.4 is 10.4 Å². The summed E-state index contributed by atoms with van der Waals surface area (Å²) in [6.07, 6.45) is 5.45.